The molecule has 0 radical (unpaired) electrons. The maximum atomic E-state index is 11.3. The maximum Gasteiger partial charge on any atom is 0.364 e. The van der Waals surface area contributed by atoms with E-state index in [1.807, 2.05) is 6.07 Å². The van der Waals surface area contributed by atoms with Crippen molar-refractivity contribution in [3.8, 4) is 0 Å². The summed E-state index contributed by atoms with van der Waals surface area (Å²) in [7, 11) is 0. The van der Waals surface area contributed by atoms with Crippen LogP contribution in [-0.4, -0.2) is 38.3 Å². The molecule has 1 unspecified atom stereocenters. The van der Waals surface area contributed by atoms with Crippen LogP contribution in [0.4, 0.5) is 5.82 Å². The lowest BCUT2D eigenvalue weighted by atomic mass is 10.4. The third-order valence-electron chi connectivity index (χ3n) is 2.71. The van der Waals surface area contributed by atoms with E-state index in [0.29, 0.717) is 5.65 Å². The lowest BCUT2D eigenvalue weighted by Gasteiger charge is -2.15. The molecule has 0 bridgehead atoms. The van der Waals surface area contributed by atoms with Crippen LogP contribution in [0.5, 0.6) is 0 Å². The number of hydrogen-bond donors (Lipinski definition) is 1. The van der Waals surface area contributed by atoms with Crippen molar-refractivity contribution in [3.05, 3.63) is 22.6 Å². The number of halogens is 1. The summed E-state index contributed by atoms with van der Waals surface area (Å²) in [6.45, 7) is 1.64. The number of anilines is 1. The third kappa shape index (κ3) is 1.46. The molecule has 1 atom stereocenters. The van der Waals surface area contributed by atoms with E-state index < -0.39 is 0 Å². The van der Waals surface area contributed by atoms with Gasteiger partial charge in [-0.2, -0.15) is 9.61 Å². The van der Waals surface area contributed by atoms with Gasteiger partial charge in [0.05, 0.1) is 5.38 Å². The zero-order chi connectivity index (χ0) is 11.1. The highest BCUT2D eigenvalue weighted by Crippen LogP contribution is 2.20. The second-order valence-electron chi connectivity index (χ2n) is 3.82. The van der Waals surface area contributed by atoms with Crippen molar-refractivity contribution < 1.29 is 0 Å². The quantitative estimate of drug-likeness (QED) is 0.724. The van der Waals surface area contributed by atoms with Gasteiger partial charge in [-0.25, -0.2) is 9.89 Å². The molecule has 3 rings (SSSR count). The minimum Gasteiger partial charge on any atom is -0.354 e. The van der Waals surface area contributed by atoms with Crippen molar-refractivity contribution >= 4 is 23.1 Å². The van der Waals surface area contributed by atoms with Crippen molar-refractivity contribution in [3.63, 3.8) is 0 Å². The Morgan fingerprint density at radius 3 is 3.12 bits per heavy atom. The van der Waals surface area contributed by atoms with Crippen molar-refractivity contribution in [2.45, 2.75) is 11.8 Å². The molecule has 1 aliphatic heterocycles. The molecule has 84 valence electrons. The summed E-state index contributed by atoms with van der Waals surface area (Å²) < 4.78 is 1.26. The molecule has 6 nitrogen and oxygen atoms in total. The first-order valence-electron chi connectivity index (χ1n) is 5.07. The Hall–Kier alpha value is -1.56. The minimum absolute atomic E-state index is 0.165. The fourth-order valence-electron chi connectivity index (χ4n) is 1.89. The standard InChI is InChI=1S/C9H10ClN5O/c10-6-3-4-14(5-6)8-2-1-7-11-12-9(16)15(7)13-8/h1-2,6H,3-5H2,(H,12,16). The van der Waals surface area contributed by atoms with Gasteiger partial charge in [-0.3, -0.25) is 0 Å². The second kappa shape index (κ2) is 3.48. The molecule has 1 fully saturated rings. The van der Waals surface area contributed by atoms with Crippen LogP contribution in [0, 0.1) is 0 Å². The summed E-state index contributed by atoms with van der Waals surface area (Å²) in [6, 6.07) is 3.62. The number of fused-ring (bicyclic) bond motifs is 1. The van der Waals surface area contributed by atoms with Crippen LogP contribution in [-0.2, 0) is 0 Å². The number of alkyl halides is 1. The van der Waals surface area contributed by atoms with Gasteiger partial charge >= 0.3 is 5.69 Å². The molecule has 0 amide bonds. The average molecular weight is 240 g/mol. The van der Waals surface area contributed by atoms with E-state index in [4.69, 9.17) is 11.6 Å². The van der Waals surface area contributed by atoms with Crippen molar-refractivity contribution in [2.75, 3.05) is 18.0 Å². The van der Waals surface area contributed by atoms with Crippen LogP contribution in [0.3, 0.4) is 0 Å². The predicted octanol–water partition coefficient (Wildman–Crippen LogP) is 0.235. The SMILES string of the molecule is O=c1[nH]nc2ccc(N3CCC(Cl)C3)nn12. The first-order valence-corrected chi connectivity index (χ1v) is 5.51. The molecule has 16 heavy (non-hydrogen) atoms. The van der Waals surface area contributed by atoms with E-state index in [1.54, 1.807) is 6.07 Å². The van der Waals surface area contributed by atoms with Crippen molar-refractivity contribution in [1.82, 2.24) is 19.8 Å². The summed E-state index contributed by atoms with van der Waals surface area (Å²) in [4.78, 5) is 13.4. The number of nitrogens with zero attached hydrogens (tertiary/aromatic N) is 4. The summed E-state index contributed by atoms with van der Waals surface area (Å²) >= 11 is 6.03. The van der Waals surface area contributed by atoms with Gasteiger partial charge in [-0.05, 0) is 18.6 Å². The zero-order valence-corrected chi connectivity index (χ0v) is 9.18. The summed E-state index contributed by atoms with van der Waals surface area (Å²) in [5.74, 6) is 0.763. The molecular weight excluding hydrogens is 230 g/mol. The third-order valence-corrected chi connectivity index (χ3v) is 3.07. The van der Waals surface area contributed by atoms with E-state index in [9.17, 15) is 4.79 Å². The van der Waals surface area contributed by atoms with Crippen LogP contribution >= 0.6 is 11.6 Å². The molecular formula is C9H10ClN5O. The predicted molar refractivity (Wildman–Crippen MR) is 60.1 cm³/mol. The zero-order valence-electron chi connectivity index (χ0n) is 8.43. The van der Waals surface area contributed by atoms with Gasteiger partial charge in [0.1, 0.15) is 5.82 Å². The van der Waals surface area contributed by atoms with Crippen LogP contribution < -0.4 is 10.6 Å². The van der Waals surface area contributed by atoms with Crippen LogP contribution in [0.2, 0.25) is 0 Å². The lowest BCUT2D eigenvalue weighted by molar-refractivity contribution is 0.833. The summed E-state index contributed by atoms with van der Waals surface area (Å²) in [5.41, 5.74) is 0.203. The number of rotatable bonds is 1. The molecule has 0 spiro atoms. The molecule has 0 aliphatic carbocycles. The van der Waals surface area contributed by atoms with Crippen molar-refractivity contribution in [2.24, 2.45) is 0 Å². The topological polar surface area (TPSA) is 66.3 Å². The normalized spacial score (nSPS) is 20.8. The maximum absolute atomic E-state index is 11.3. The Morgan fingerprint density at radius 2 is 2.38 bits per heavy atom. The molecule has 2 aromatic heterocycles. The Balaban J connectivity index is 2.04. The average Bonchev–Trinajstić information content (AvgIpc) is 2.86. The fourth-order valence-corrected chi connectivity index (χ4v) is 2.15. The van der Waals surface area contributed by atoms with Crippen LogP contribution in [0.15, 0.2) is 16.9 Å². The van der Waals surface area contributed by atoms with E-state index in [2.05, 4.69) is 20.2 Å². The summed E-state index contributed by atoms with van der Waals surface area (Å²) in [5, 5.41) is 10.6. The van der Waals surface area contributed by atoms with Gasteiger partial charge < -0.3 is 4.90 Å². The van der Waals surface area contributed by atoms with Gasteiger partial charge in [0.25, 0.3) is 0 Å². The van der Waals surface area contributed by atoms with Gasteiger partial charge in [-0.15, -0.1) is 16.7 Å². The van der Waals surface area contributed by atoms with Gasteiger partial charge in [0.2, 0.25) is 0 Å². The monoisotopic (exact) mass is 239 g/mol. The van der Waals surface area contributed by atoms with E-state index in [0.717, 1.165) is 25.3 Å². The number of aromatic nitrogens is 4. The molecule has 1 N–H and O–H groups in total. The van der Waals surface area contributed by atoms with E-state index in [1.165, 1.54) is 4.52 Å². The lowest BCUT2D eigenvalue weighted by Crippen LogP contribution is -2.23. The summed E-state index contributed by atoms with van der Waals surface area (Å²) in [6.07, 6.45) is 0.946. The van der Waals surface area contributed by atoms with E-state index >= 15 is 0 Å². The molecule has 2 aromatic rings. The van der Waals surface area contributed by atoms with E-state index in [-0.39, 0.29) is 11.1 Å². The van der Waals surface area contributed by atoms with Gasteiger partial charge in [0.15, 0.2) is 5.65 Å². The first-order chi connectivity index (χ1) is 7.74. The molecule has 3 heterocycles. The number of H-pyrrole nitrogens is 1. The molecule has 7 heteroatoms. The fraction of sp³-hybridized carbons (Fsp3) is 0.444. The number of hydrogen-bond acceptors (Lipinski definition) is 4. The van der Waals surface area contributed by atoms with Crippen LogP contribution in [0.25, 0.3) is 5.65 Å². The van der Waals surface area contributed by atoms with Crippen LogP contribution in [0.1, 0.15) is 6.42 Å². The Kier molecular flexibility index (Phi) is 2.10. The largest absolute Gasteiger partial charge is 0.364 e. The van der Waals surface area contributed by atoms with Gasteiger partial charge in [0, 0.05) is 13.1 Å². The highest BCUT2D eigenvalue weighted by molar-refractivity contribution is 6.21. The Labute approximate surface area is 95.8 Å². The first kappa shape index (κ1) is 9.65. The van der Waals surface area contributed by atoms with Crippen molar-refractivity contribution in [1.29, 1.82) is 0 Å². The Bertz CT molecular complexity index is 577. The highest BCUT2D eigenvalue weighted by atomic mass is 35.5. The highest BCUT2D eigenvalue weighted by Gasteiger charge is 2.21. The van der Waals surface area contributed by atoms with Gasteiger partial charge in [-0.1, -0.05) is 0 Å². The number of nitrogens with one attached hydrogen (secondary N) is 1. The Morgan fingerprint density at radius 1 is 1.50 bits per heavy atom. The molecule has 0 aromatic carbocycles. The number of aromatic amines is 1. The molecule has 1 aliphatic rings. The minimum atomic E-state index is -0.321. The smallest absolute Gasteiger partial charge is 0.354 e. The second-order valence-corrected chi connectivity index (χ2v) is 4.44. The molecule has 0 saturated carbocycles. The molecule has 1 saturated heterocycles.